The van der Waals surface area contributed by atoms with Crippen molar-refractivity contribution in [2.75, 3.05) is 13.6 Å². The van der Waals surface area contributed by atoms with Gasteiger partial charge in [-0.2, -0.15) is 0 Å². The summed E-state index contributed by atoms with van der Waals surface area (Å²) < 4.78 is 0. The standard InChI is InChI=1S/C11H24N2/c1-8(2)9(3)13(4)11-6-5-10(11)7-12/h8-11H,5-7,12H2,1-4H3. The van der Waals surface area contributed by atoms with Crippen LogP contribution in [0.5, 0.6) is 0 Å². The molecule has 2 heteroatoms. The zero-order chi connectivity index (χ0) is 10.0. The molecule has 2 nitrogen and oxygen atoms in total. The molecule has 3 atom stereocenters. The highest BCUT2D eigenvalue weighted by atomic mass is 15.2. The van der Waals surface area contributed by atoms with Gasteiger partial charge in [-0.05, 0) is 45.2 Å². The van der Waals surface area contributed by atoms with Crippen LogP contribution in [0.4, 0.5) is 0 Å². The van der Waals surface area contributed by atoms with Crippen molar-refractivity contribution >= 4 is 0 Å². The molecule has 2 N–H and O–H groups in total. The smallest absolute Gasteiger partial charge is 0.0136 e. The molecule has 1 rings (SSSR count). The fourth-order valence-electron chi connectivity index (χ4n) is 2.13. The van der Waals surface area contributed by atoms with Gasteiger partial charge in [0.2, 0.25) is 0 Å². The summed E-state index contributed by atoms with van der Waals surface area (Å²) in [6, 6.07) is 1.43. The quantitative estimate of drug-likeness (QED) is 0.720. The van der Waals surface area contributed by atoms with Crippen LogP contribution in [0.1, 0.15) is 33.6 Å². The predicted molar refractivity (Wildman–Crippen MR) is 57.6 cm³/mol. The summed E-state index contributed by atoms with van der Waals surface area (Å²) in [6.45, 7) is 7.75. The first-order valence-electron chi connectivity index (χ1n) is 5.50. The Kier molecular flexibility index (Phi) is 3.74. The summed E-state index contributed by atoms with van der Waals surface area (Å²) in [5.74, 6) is 1.50. The number of hydrogen-bond acceptors (Lipinski definition) is 2. The molecular formula is C11H24N2. The summed E-state index contributed by atoms with van der Waals surface area (Å²) in [7, 11) is 2.25. The van der Waals surface area contributed by atoms with Crippen LogP contribution < -0.4 is 5.73 Å². The van der Waals surface area contributed by atoms with E-state index in [0.717, 1.165) is 24.4 Å². The lowest BCUT2D eigenvalue weighted by molar-refractivity contribution is 0.0441. The van der Waals surface area contributed by atoms with Crippen LogP contribution in [-0.4, -0.2) is 30.6 Å². The first-order valence-corrected chi connectivity index (χ1v) is 5.50. The minimum Gasteiger partial charge on any atom is -0.330 e. The number of rotatable bonds is 4. The maximum absolute atomic E-state index is 5.71. The highest BCUT2D eigenvalue weighted by Crippen LogP contribution is 2.32. The lowest BCUT2D eigenvalue weighted by atomic mass is 9.78. The van der Waals surface area contributed by atoms with Gasteiger partial charge in [0.05, 0.1) is 0 Å². The second kappa shape index (κ2) is 4.43. The first-order chi connectivity index (χ1) is 6.07. The van der Waals surface area contributed by atoms with Gasteiger partial charge in [-0.15, -0.1) is 0 Å². The predicted octanol–water partition coefficient (Wildman–Crippen LogP) is 1.70. The van der Waals surface area contributed by atoms with E-state index in [2.05, 4.69) is 32.7 Å². The van der Waals surface area contributed by atoms with Gasteiger partial charge in [0, 0.05) is 12.1 Å². The molecule has 0 aromatic rings. The molecule has 3 unspecified atom stereocenters. The molecule has 0 saturated heterocycles. The van der Waals surface area contributed by atoms with Crippen molar-refractivity contribution in [3.05, 3.63) is 0 Å². The zero-order valence-electron chi connectivity index (χ0n) is 9.46. The Morgan fingerprint density at radius 3 is 2.23 bits per heavy atom. The van der Waals surface area contributed by atoms with E-state index in [1.54, 1.807) is 0 Å². The Bertz CT molecular complexity index is 154. The summed E-state index contributed by atoms with van der Waals surface area (Å²) in [5, 5.41) is 0. The zero-order valence-corrected chi connectivity index (χ0v) is 9.46. The highest BCUT2D eigenvalue weighted by Gasteiger charge is 2.34. The number of nitrogens with zero attached hydrogens (tertiary/aromatic N) is 1. The van der Waals surface area contributed by atoms with E-state index < -0.39 is 0 Å². The molecule has 13 heavy (non-hydrogen) atoms. The molecule has 0 heterocycles. The second-order valence-corrected chi connectivity index (χ2v) is 4.79. The molecule has 1 fully saturated rings. The Hall–Kier alpha value is -0.0800. The molecule has 1 aliphatic rings. The van der Waals surface area contributed by atoms with E-state index in [1.165, 1.54) is 12.8 Å². The summed E-state index contributed by atoms with van der Waals surface area (Å²) >= 11 is 0. The third kappa shape index (κ3) is 2.23. The number of hydrogen-bond donors (Lipinski definition) is 1. The largest absolute Gasteiger partial charge is 0.330 e. The van der Waals surface area contributed by atoms with Gasteiger partial charge in [0.25, 0.3) is 0 Å². The van der Waals surface area contributed by atoms with Crippen molar-refractivity contribution in [1.82, 2.24) is 4.90 Å². The van der Waals surface area contributed by atoms with Crippen molar-refractivity contribution in [1.29, 1.82) is 0 Å². The first kappa shape index (κ1) is 11.0. The van der Waals surface area contributed by atoms with Gasteiger partial charge >= 0.3 is 0 Å². The second-order valence-electron chi connectivity index (χ2n) is 4.79. The minimum atomic E-state index is 0.680. The normalized spacial score (nSPS) is 30.7. The lowest BCUT2D eigenvalue weighted by Gasteiger charge is -2.46. The van der Waals surface area contributed by atoms with Gasteiger partial charge in [-0.3, -0.25) is 0 Å². The van der Waals surface area contributed by atoms with E-state index >= 15 is 0 Å². The van der Waals surface area contributed by atoms with Gasteiger partial charge < -0.3 is 10.6 Å². The van der Waals surface area contributed by atoms with Crippen LogP contribution in [0.25, 0.3) is 0 Å². The minimum absolute atomic E-state index is 0.680. The summed E-state index contributed by atoms with van der Waals surface area (Å²) in [5.41, 5.74) is 5.71. The Morgan fingerprint density at radius 2 is 1.92 bits per heavy atom. The maximum Gasteiger partial charge on any atom is 0.0136 e. The Labute approximate surface area is 82.5 Å². The molecule has 0 aliphatic heterocycles. The van der Waals surface area contributed by atoms with E-state index in [9.17, 15) is 0 Å². The molecule has 0 bridgehead atoms. The van der Waals surface area contributed by atoms with Gasteiger partial charge in [0.1, 0.15) is 0 Å². The SMILES string of the molecule is CC(C)C(C)N(C)C1CCC1CN. The molecular weight excluding hydrogens is 160 g/mol. The Morgan fingerprint density at radius 1 is 1.31 bits per heavy atom. The van der Waals surface area contributed by atoms with E-state index in [4.69, 9.17) is 5.73 Å². The molecule has 1 saturated carbocycles. The lowest BCUT2D eigenvalue weighted by Crippen LogP contribution is -2.52. The topological polar surface area (TPSA) is 29.3 Å². The molecule has 0 radical (unpaired) electrons. The number of nitrogens with two attached hydrogens (primary N) is 1. The van der Waals surface area contributed by atoms with E-state index in [0.29, 0.717) is 6.04 Å². The maximum atomic E-state index is 5.71. The van der Waals surface area contributed by atoms with Crippen LogP contribution in [-0.2, 0) is 0 Å². The molecule has 0 aromatic heterocycles. The monoisotopic (exact) mass is 184 g/mol. The third-order valence-corrected chi connectivity index (χ3v) is 3.81. The fraction of sp³-hybridized carbons (Fsp3) is 1.00. The molecule has 1 aliphatic carbocycles. The molecule has 0 aromatic carbocycles. The van der Waals surface area contributed by atoms with Crippen LogP contribution in [0.15, 0.2) is 0 Å². The van der Waals surface area contributed by atoms with Crippen LogP contribution in [0.3, 0.4) is 0 Å². The summed E-state index contributed by atoms with van der Waals surface area (Å²) in [4.78, 5) is 2.52. The van der Waals surface area contributed by atoms with Crippen molar-refractivity contribution in [3.8, 4) is 0 Å². The average molecular weight is 184 g/mol. The van der Waals surface area contributed by atoms with Crippen LogP contribution in [0, 0.1) is 11.8 Å². The highest BCUT2D eigenvalue weighted by molar-refractivity contribution is 4.90. The van der Waals surface area contributed by atoms with Crippen molar-refractivity contribution in [2.24, 2.45) is 17.6 Å². The van der Waals surface area contributed by atoms with Crippen molar-refractivity contribution in [2.45, 2.75) is 45.7 Å². The Balaban J connectivity index is 2.42. The van der Waals surface area contributed by atoms with Gasteiger partial charge in [0.15, 0.2) is 0 Å². The molecule has 0 spiro atoms. The van der Waals surface area contributed by atoms with Crippen molar-refractivity contribution < 1.29 is 0 Å². The van der Waals surface area contributed by atoms with Gasteiger partial charge in [-0.25, -0.2) is 0 Å². The van der Waals surface area contributed by atoms with Crippen LogP contribution in [0.2, 0.25) is 0 Å². The fourth-order valence-corrected chi connectivity index (χ4v) is 2.13. The third-order valence-electron chi connectivity index (χ3n) is 3.81. The van der Waals surface area contributed by atoms with E-state index in [1.807, 2.05) is 0 Å². The molecule has 0 amide bonds. The van der Waals surface area contributed by atoms with Crippen molar-refractivity contribution in [3.63, 3.8) is 0 Å². The average Bonchev–Trinajstić information content (AvgIpc) is 2.01. The van der Waals surface area contributed by atoms with Crippen LogP contribution >= 0.6 is 0 Å². The van der Waals surface area contributed by atoms with Gasteiger partial charge in [-0.1, -0.05) is 13.8 Å². The summed E-state index contributed by atoms with van der Waals surface area (Å²) in [6.07, 6.45) is 2.67. The molecule has 78 valence electrons. The van der Waals surface area contributed by atoms with E-state index in [-0.39, 0.29) is 0 Å².